The zero-order valence-electron chi connectivity index (χ0n) is 16.8. The standard InChI is InChI=1S/C21H25ClN4O4/c1-26(2)11-14(20(28)13-6-4-3-5-7-13)10-23-21(29)25-16-9-18-17(8-15(16)22)24-19(27)12-30-18/h3-9,14,20,28H,10-12H2,1-2H3,(H,24,27)(H2,23,25,29)/t14-,20+/m0/s1. The van der Waals surface area contributed by atoms with Gasteiger partial charge in [0.25, 0.3) is 5.91 Å². The minimum Gasteiger partial charge on any atom is -0.482 e. The smallest absolute Gasteiger partial charge is 0.319 e. The third kappa shape index (κ3) is 5.63. The van der Waals surface area contributed by atoms with Gasteiger partial charge in [-0.25, -0.2) is 4.79 Å². The Labute approximate surface area is 180 Å². The molecule has 0 spiro atoms. The normalized spacial score (nSPS) is 14.9. The zero-order valence-corrected chi connectivity index (χ0v) is 17.6. The summed E-state index contributed by atoms with van der Waals surface area (Å²) in [6.07, 6.45) is -0.724. The number of hydrogen-bond donors (Lipinski definition) is 4. The average molecular weight is 433 g/mol. The van der Waals surface area contributed by atoms with E-state index in [1.165, 1.54) is 6.07 Å². The Bertz CT molecular complexity index is 907. The first-order chi connectivity index (χ1) is 14.3. The topological polar surface area (TPSA) is 103 Å². The second kappa shape index (κ2) is 9.80. The van der Waals surface area contributed by atoms with Gasteiger partial charge in [0.1, 0.15) is 5.75 Å². The van der Waals surface area contributed by atoms with Crippen LogP contribution in [0.5, 0.6) is 5.75 Å². The lowest BCUT2D eigenvalue weighted by molar-refractivity contribution is -0.118. The highest BCUT2D eigenvalue weighted by atomic mass is 35.5. The third-order valence-corrected chi connectivity index (χ3v) is 4.98. The predicted octanol–water partition coefficient (Wildman–Crippen LogP) is 2.70. The molecule has 1 aliphatic heterocycles. The summed E-state index contributed by atoms with van der Waals surface area (Å²) in [5, 5.41) is 19.2. The van der Waals surface area contributed by atoms with Gasteiger partial charge in [0, 0.05) is 25.1 Å². The number of aliphatic hydroxyl groups is 1. The van der Waals surface area contributed by atoms with Crippen LogP contribution in [0.2, 0.25) is 5.02 Å². The molecule has 0 aliphatic carbocycles. The fraction of sp³-hybridized carbons (Fsp3) is 0.333. The highest BCUT2D eigenvalue weighted by molar-refractivity contribution is 6.34. The van der Waals surface area contributed by atoms with E-state index in [2.05, 4.69) is 16.0 Å². The molecule has 0 unspecified atom stereocenters. The summed E-state index contributed by atoms with van der Waals surface area (Å²) in [5.41, 5.74) is 1.61. The Morgan fingerprint density at radius 1 is 1.30 bits per heavy atom. The number of nitrogens with zero attached hydrogens (tertiary/aromatic N) is 1. The molecule has 2 atom stereocenters. The monoisotopic (exact) mass is 432 g/mol. The van der Waals surface area contributed by atoms with E-state index in [1.807, 2.05) is 49.3 Å². The molecule has 0 saturated heterocycles. The molecule has 2 aromatic carbocycles. The van der Waals surface area contributed by atoms with Crippen LogP contribution in [0.4, 0.5) is 16.2 Å². The molecule has 3 rings (SSSR count). The highest BCUT2D eigenvalue weighted by Crippen LogP contribution is 2.36. The Morgan fingerprint density at radius 3 is 2.73 bits per heavy atom. The fourth-order valence-corrected chi connectivity index (χ4v) is 3.46. The van der Waals surface area contributed by atoms with Crippen LogP contribution in [0.1, 0.15) is 11.7 Å². The lowest BCUT2D eigenvalue weighted by atomic mass is 9.95. The number of urea groups is 1. The number of fused-ring (bicyclic) bond motifs is 1. The second-order valence-corrected chi connectivity index (χ2v) is 7.79. The number of carbonyl (C=O) groups is 2. The molecule has 8 nitrogen and oxygen atoms in total. The van der Waals surface area contributed by atoms with Crippen LogP contribution < -0.4 is 20.7 Å². The summed E-state index contributed by atoms with van der Waals surface area (Å²) in [6.45, 7) is 0.753. The molecule has 1 aliphatic rings. The molecule has 3 amide bonds. The fourth-order valence-electron chi connectivity index (χ4n) is 3.25. The van der Waals surface area contributed by atoms with Crippen LogP contribution >= 0.6 is 11.6 Å². The molecule has 2 aromatic rings. The van der Waals surface area contributed by atoms with Crippen LogP contribution in [0.3, 0.4) is 0 Å². The first kappa shape index (κ1) is 21.9. The van der Waals surface area contributed by atoms with E-state index >= 15 is 0 Å². The number of rotatable bonds is 7. The van der Waals surface area contributed by atoms with E-state index in [0.717, 1.165) is 5.56 Å². The van der Waals surface area contributed by atoms with E-state index in [-0.39, 0.29) is 30.0 Å². The van der Waals surface area contributed by atoms with Crippen LogP contribution in [-0.4, -0.2) is 55.7 Å². The maximum atomic E-state index is 12.4. The van der Waals surface area contributed by atoms with Crippen molar-refractivity contribution in [3.05, 3.63) is 53.1 Å². The van der Waals surface area contributed by atoms with E-state index < -0.39 is 12.1 Å². The van der Waals surface area contributed by atoms with Gasteiger partial charge in [0.05, 0.1) is 22.5 Å². The van der Waals surface area contributed by atoms with Gasteiger partial charge in [-0.1, -0.05) is 41.9 Å². The van der Waals surface area contributed by atoms with Gasteiger partial charge >= 0.3 is 6.03 Å². The van der Waals surface area contributed by atoms with E-state index in [9.17, 15) is 14.7 Å². The van der Waals surface area contributed by atoms with Crippen molar-refractivity contribution < 1.29 is 19.4 Å². The number of aliphatic hydroxyl groups excluding tert-OH is 1. The molecule has 0 aromatic heterocycles. The lowest BCUT2D eigenvalue weighted by Gasteiger charge is -2.26. The van der Waals surface area contributed by atoms with Crippen molar-refractivity contribution in [1.82, 2.24) is 10.2 Å². The molecule has 0 saturated carbocycles. The van der Waals surface area contributed by atoms with Gasteiger partial charge in [0.15, 0.2) is 6.61 Å². The van der Waals surface area contributed by atoms with Gasteiger partial charge < -0.3 is 30.7 Å². The minimum absolute atomic E-state index is 0.0934. The maximum Gasteiger partial charge on any atom is 0.319 e. The first-order valence-corrected chi connectivity index (χ1v) is 9.90. The van der Waals surface area contributed by atoms with Crippen LogP contribution in [0.25, 0.3) is 0 Å². The molecular formula is C21H25ClN4O4. The molecule has 30 heavy (non-hydrogen) atoms. The van der Waals surface area contributed by atoms with Gasteiger partial charge in [-0.3, -0.25) is 4.79 Å². The Balaban J connectivity index is 1.64. The Morgan fingerprint density at radius 2 is 2.03 bits per heavy atom. The third-order valence-electron chi connectivity index (χ3n) is 4.66. The van der Waals surface area contributed by atoms with Crippen molar-refractivity contribution in [1.29, 1.82) is 0 Å². The molecule has 9 heteroatoms. The van der Waals surface area contributed by atoms with E-state index in [0.29, 0.717) is 23.7 Å². The number of ether oxygens (including phenoxy) is 1. The second-order valence-electron chi connectivity index (χ2n) is 7.38. The summed E-state index contributed by atoms with van der Waals surface area (Å²) < 4.78 is 5.35. The maximum absolute atomic E-state index is 12.4. The number of hydrogen-bond acceptors (Lipinski definition) is 5. The summed E-state index contributed by atoms with van der Waals surface area (Å²) in [6, 6.07) is 12.0. The van der Waals surface area contributed by atoms with Crippen molar-refractivity contribution in [2.75, 3.05) is 44.4 Å². The van der Waals surface area contributed by atoms with Crippen LogP contribution in [-0.2, 0) is 4.79 Å². The number of amides is 3. The number of anilines is 2. The van der Waals surface area contributed by atoms with E-state index in [1.54, 1.807) is 6.07 Å². The Kier molecular flexibility index (Phi) is 7.15. The largest absolute Gasteiger partial charge is 0.482 e. The zero-order chi connectivity index (χ0) is 21.7. The molecule has 1 heterocycles. The van der Waals surface area contributed by atoms with Crippen molar-refractivity contribution in [3.63, 3.8) is 0 Å². The van der Waals surface area contributed by atoms with Crippen molar-refractivity contribution in [2.24, 2.45) is 5.92 Å². The van der Waals surface area contributed by atoms with Crippen molar-refractivity contribution >= 4 is 34.9 Å². The summed E-state index contributed by atoms with van der Waals surface area (Å²) in [4.78, 5) is 25.8. The number of carbonyl (C=O) groups excluding carboxylic acids is 2. The minimum atomic E-state index is -0.724. The quantitative estimate of drug-likeness (QED) is 0.538. The first-order valence-electron chi connectivity index (χ1n) is 9.52. The van der Waals surface area contributed by atoms with Crippen molar-refractivity contribution in [3.8, 4) is 5.75 Å². The number of benzene rings is 2. The van der Waals surface area contributed by atoms with Gasteiger partial charge in [-0.2, -0.15) is 0 Å². The van der Waals surface area contributed by atoms with Crippen molar-refractivity contribution in [2.45, 2.75) is 6.10 Å². The average Bonchev–Trinajstić information content (AvgIpc) is 2.71. The van der Waals surface area contributed by atoms with E-state index in [4.69, 9.17) is 16.3 Å². The summed E-state index contributed by atoms with van der Waals surface area (Å²) >= 11 is 6.22. The molecule has 4 N–H and O–H groups in total. The van der Waals surface area contributed by atoms with Crippen LogP contribution in [0, 0.1) is 5.92 Å². The SMILES string of the molecule is CN(C)C[C@H](CNC(=O)Nc1cc2c(cc1Cl)NC(=O)CO2)[C@H](O)c1ccccc1. The van der Waals surface area contributed by atoms with Crippen LogP contribution in [0.15, 0.2) is 42.5 Å². The highest BCUT2D eigenvalue weighted by Gasteiger charge is 2.23. The summed E-state index contributed by atoms with van der Waals surface area (Å²) in [5.74, 6) is -0.0501. The molecule has 0 fully saturated rings. The number of nitrogens with one attached hydrogen (secondary N) is 3. The number of halogens is 1. The van der Waals surface area contributed by atoms with Gasteiger partial charge in [-0.15, -0.1) is 0 Å². The lowest BCUT2D eigenvalue weighted by Crippen LogP contribution is -2.39. The molecular weight excluding hydrogens is 408 g/mol. The molecule has 0 bridgehead atoms. The van der Waals surface area contributed by atoms with Gasteiger partial charge in [-0.05, 0) is 25.7 Å². The Hall–Kier alpha value is -2.81. The van der Waals surface area contributed by atoms with Gasteiger partial charge in [0.2, 0.25) is 0 Å². The molecule has 160 valence electrons. The predicted molar refractivity (Wildman–Crippen MR) is 116 cm³/mol. The summed E-state index contributed by atoms with van der Waals surface area (Å²) in [7, 11) is 3.83. The molecule has 0 radical (unpaired) electrons.